The number of halogens is 1. The zero-order valence-electron chi connectivity index (χ0n) is 12.7. The molecule has 0 unspecified atom stereocenters. The molecule has 3 heteroatoms. The Balaban J connectivity index is 2.14. The van der Waals surface area contributed by atoms with Crippen LogP contribution in [-0.4, -0.2) is 19.6 Å². The van der Waals surface area contributed by atoms with Crippen molar-refractivity contribution in [1.82, 2.24) is 0 Å². The maximum absolute atomic E-state index is 14.2. The molecule has 1 aromatic rings. The van der Waals surface area contributed by atoms with Crippen molar-refractivity contribution >= 4 is 5.69 Å². The highest BCUT2D eigenvalue weighted by molar-refractivity contribution is 5.55. The van der Waals surface area contributed by atoms with E-state index in [-0.39, 0.29) is 5.82 Å². The summed E-state index contributed by atoms with van der Waals surface area (Å²) >= 11 is 0. The molecule has 1 aromatic carbocycles. The van der Waals surface area contributed by atoms with Gasteiger partial charge in [-0.05, 0) is 56.2 Å². The fourth-order valence-corrected chi connectivity index (χ4v) is 3.44. The lowest BCUT2D eigenvalue weighted by Gasteiger charge is -2.37. The van der Waals surface area contributed by atoms with E-state index in [0.29, 0.717) is 12.6 Å². The molecule has 1 saturated carbocycles. The van der Waals surface area contributed by atoms with Gasteiger partial charge in [0, 0.05) is 13.1 Å². The van der Waals surface area contributed by atoms with E-state index in [9.17, 15) is 4.39 Å². The van der Waals surface area contributed by atoms with Gasteiger partial charge in [-0.3, -0.25) is 0 Å². The SMILES string of the molecule is CCC1CCC(N(C)c2c(F)cccc2CCN)CC1. The van der Waals surface area contributed by atoms with Crippen LogP contribution >= 0.6 is 0 Å². The van der Waals surface area contributed by atoms with Crippen LogP contribution in [0.5, 0.6) is 0 Å². The maximum Gasteiger partial charge on any atom is 0.146 e. The minimum absolute atomic E-state index is 0.115. The molecule has 0 aliphatic heterocycles. The lowest BCUT2D eigenvalue weighted by molar-refractivity contribution is 0.312. The van der Waals surface area contributed by atoms with Gasteiger partial charge in [0.2, 0.25) is 0 Å². The molecule has 1 aliphatic rings. The number of benzene rings is 1. The third-order valence-electron chi connectivity index (χ3n) is 4.78. The lowest BCUT2D eigenvalue weighted by atomic mass is 9.84. The molecule has 20 heavy (non-hydrogen) atoms. The fraction of sp³-hybridized carbons (Fsp3) is 0.647. The fourth-order valence-electron chi connectivity index (χ4n) is 3.44. The summed E-state index contributed by atoms with van der Waals surface area (Å²) in [6, 6.07) is 5.81. The second-order valence-corrected chi connectivity index (χ2v) is 5.98. The lowest BCUT2D eigenvalue weighted by Crippen LogP contribution is -2.36. The molecule has 2 rings (SSSR count). The van der Waals surface area contributed by atoms with Gasteiger partial charge in [0.05, 0.1) is 5.69 Å². The molecule has 0 spiro atoms. The molecule has 0 amide bonds. The Morgan fingerprint density at radius 2 is 1.95 bits per heavy atom. The molecule has 2 nitrogen and oxygen atoms in total. The van der Waals surface area contributed by atoms with Gasteiger partial charge < -0.3 is 10.6 Å². The minimum Gasteiger partial charge on any atom is -0.369 e. The van der Waals surface area contributed by atoms with Crippen molar-refractivity contribution in [3.05, 3.63) is 29.6 Å². The van der Waals surface area contributed by atoms with Gasteiger partial charge in [-0.25, -0.2) is 4.39 Å². The highest BCUT2D eigenvalue weighted by atomic mass is 19.1. The smallest absolute Gasteiger partial charge is 0.146 e. The van der Waals surface area contributed by atoms with Gasteiger partial charge >= 0.3 is 0 Å². The van der Waals surface area contributed by atoms with Gasteiger partial charge in [-0.2, -0.15) is 0 Å². The van der Waals surface area contributed by atoms with Gasteiger partial charge in [0.15, 0.2) is 0 Å². The Hall–Kier alpha value is -1.09. The molecule has 1 fully saturated rings. The average molecular weight is 278 g/mol. The van der Waals surface area contributed by atoms with E-state index in [1.807, 2.05) is 13.1 Å². The molecular weight excluding hydrogens is 251 g/mol. The summed E-state index contributed by atoms with van der Waals surface area (Å²) in [5.41, 5.74) is 7.45. The van der Waals surface area contributed by atoms with Crippen molar-refractivity contribution in [1.29, 1.82) is 0 Å². The molecule has 112 valence electrons. The van der Waals surface area contributed by atoms with Crippen LogP contribution in [0.25, 0.3) is 0 Å². The average Bonchev–Trinajstić information content (AvgIpc) is 2.47. The van der Waals surface area contributed by atoms with Crippen LogP contribution in [0.2, 0.25) is 0 Å². The summed E-state index contributed by atoms with van der Waals surface area (Å²) in [5.74, 6) is 0.750. The van der Waals surface area contributed by atoms with Crippen molar-refractivity contribution in [2.45, 2.75) is 51.5 Å². The highest BCUT2D eigenvalue weighted by Crippen LogP contribution is 2.33. The molecule has 0 atom stereocenters. The normalized spacial score (nSPS) is 22.8. The van der Waals surface area contributed by atoms with Crippen molar-refractivity contribution in [2.75, 3.05) is 18.5 Å². The van der Waals surface area contributed by atoms with E-state index in [1.165, 1.54) is 32.1 Å². The van der Waals surface area contributed by atoms with Crippen LogP contribution in [0.3, 0.4) is 0 Å². The van der Waals surface area contributed by atoms with E-state index in [2.05, 4.69) is 11.8 Å². The molecular formula is C17H27FN2. The summed E-state index contributed by atoms with van der Waals surface area (Å²) in [4.78, 5) is 2.16. The van der Waals surface area contributed by atoms with E-state index in [0.717, 1.165) is 23.6 Å². The Morgan fingerprint density at radius 1 is 1.25 bits per heavy atom. The number of rotatable bonds is 5. The predicted molar refractivity (Wildman–Crippen MR) is 83.6 cm³/mol. The topological polar surface area (TPSA) is 29.3 Å². The molecule has 0 radical (unpaired) electrons. The molecule has 0 aromatic heterocycles. The van der Waals surface area contributed by atoms with Crippen molar-refractivity contribution in [2.24, 2.45) is 11.7 Å². The third kappa shape index (κ3) is 3.32. The third-order valence-corrected chi connectivity index (χ3v) is 4.78. The van der Waals surface area contributed by atoms with E-state index >= 15 is 0 Å². The first-order valence-corrected chi connectivity index (χ1v) is 7.87. The van der Waals surface area contributed by atoms with Crippen LogP contribution in [-0.2, 0) is 6.42 Å². The minimum atomic E-state index is -0.115. The number of para-hydroxylation sites is 1. The number of nitrogens with two attached hydrogens (primary N) is 1. The van der Waals surface area contributed by atoms with Gasteiger partial charge in [0.25, 0.3) is 0 Å². The van der Waals surface area contributed by atoms with E-state index in [1.54, 1.807) is 12.1 Å². The van der Waals surface area contributed by atoms with Crippen LogP contribution in [0.1, 0.15) is 44.6 Å². The van der Waals surface area contributed by atoms with Gasteiger partial charge in [-0.1, -0.05) is 25.5 Å². The summed E-state index contributed by atoms with van der Waals surface area (Å²) in [6.07, 6.45) is 6.89. The largest absolute Gasteiger partial charge is 0.369 e. The van der Waals surface area contributed by atoms with Gasteiger partial charge in [-0.15, -0.1) is 0 Å². The first kappa shape index (κ1) is 15.3. The van der Waals surface area contributed by atoms with Crippen LogP contribution in [0.15, 0.2) is 18.2 Å². The van der Waals surface area contributed by atoms with Crippen LogP contribution < -0.4 is 10.6 Å². The maximum atomic E-state index is 14.2. The molecule has 2 N–H and O–H groups in total. The van der Waals surface area contributed by atoms with Crippen LogP contribution in [0, 0.1) is 11.7 Å². The first-order chi connectivity index (χ1) is 9.67. The predicted octanol–water partition coefficient (Wildman–Crippen LogP) is 3.73. The number of anilines is 1. The van der Waals surface area contributed by atoms with E-state index in [4.69, 9.17) is 5.73 Å². The zero-order valence-corrected chi connectivity index (χ0v) is 12.7. The van der Waals surface area contributed by atoms with Crippen molar-refractivity contribution in [3.8, 4) is 0 Å². The first-order valence-electron chi connectivity index (χ1n) is 7.87. The zero-order chi connectivity index (χ0) is 14.5. The summed E-state index contributed by atoms with van der Waals surface area (Å²) in [5, 5.41) is 0. The Labute approximate surface area is 122 Å². The number of nitrogens with zero attached hydrogens (tertiary/aromatic N) is 1. The second kappa shape index (κ2) is 7.07. The van der Waals surface area contributed by atoms with E-state index < -0.39 is 0 Å². The Morgan fingerprint density at radius 3 is 2.55 bits per heavy atom. The quantitative estimate of drug-likeness (QED) is 0.889. The van der Waals surface area contributed by atoms with Crippen LogP contribution in [0.4, 0.5) is 10.1 Å². The molecule has 0 bridgehead atoms. The molecule has 0 heterocycles. The summed E-state index contributed by atoms with van der Waals surface area (Å²) in [6.45, 7) is 2.83. The van der Waals surface area contributed by atoms with Crippen molar-refractivity contribution < 1.29 is 4.39 Å². The molecule has 0 saturated heterocycles. The van der Waals surface area contributed by atoms with Crippen molar-refractivity contribution in [3.63, 3.8) is 0 Å². The number of hydrogen-bond donors (Lipinski definition) is 1. The van der Waals surface area contributed by atoms with Gasteiger partial charge in [0.1, 0.15) is 5.82 Å². The Bertz CT molecular complexity index is 425. The number of hydrogen-bond acceptors (Lipinski definition) is 2. The second-order valence-electron chi connectivity index (χ2n) is 5.98. The molecule has 1 aliphatic carbocycles. The Kier molecular flexibility index (Phi) is 5.41. The monoisotopic (exact) mass is 278 g/mol. The summed E-state index contributed by atoms with van der Waals surface area (Å²) in [7, 11) is 2.04. The summed E-state index contributed by atoms with van der Waals surface area (Å²) < 4.78 is 14.2. The standard InChI is InChI=1S/C17H27FN2/c1-3-13-7-9-15(10-8-13)20(2)17-14(11-12-19)5-4-6-16(17)18/h4-6,13,15H,3,7-12,19H2,1-2H3. The highest BCUT2D eigenvalue weighted by Gasteiger charge is 2.25.